The van der Waals surface area contributed by atoms with Crippen LogP contribution in [0.5, 0.6) is 11.5 Å². The summed E-state index contributed by atoms with van der Waals surface area (Å²) in [6.45, 7) is 7.95. The first-order valence-electron chi connectivity index (χ1n) is 33.2. The second-order valence-electron chi connectivity index (χ2n) is 28.1. The van der Waals surface area contributed by atoms with Crippen LogP contribution in [-0.2, 0) is 17.5 Å². The zero-order valence-electron chi connectivity index (χ0n) is 53.8. The first-order valence-corrected chi connectivity index (χ1v) is 33.2. The molecule has 6 aromatic heterocycles. The highest BCUT2D eigenvalue weighted by atomic mass is 19.4. The van der Waals surface area contributed by atoms with E-state index in [-0.39, 0.29) is 59.8 Å². The molecule has 6 unspecified atom stereocenters. The Labute approximate surface area is 548 Å². The van der Waals surface area contributed by atoms with E-state index in [1.54, 1.807) is 6.07 Å². The molecule has 19 nitrogen and oxygen atoms in total. The average molecular weight is 1360 g/mol. The van der Waals surface area contributed by atoms with Crippen LogP contribution in [0.4, 0.5) is 65.7 Å². The third-order valence-electron chi connectivity index (χ3n) is 22.0. The third kappa shape index (κ3) is 13.3. The summed E-state index contributed by atoms with van der Waals surface area (Å²) in [6, 6.07) is 10.3. The summed E-state index contributed by atoms with van der Waals surface area (Å²) in [5.41, 5.74) is 21.9. The van der Waals surface area contributed by atoms with E-state index in [1.807, 2.05) is 54.1 Å². The molecule has 2 spiro atoms. The molecule has 9 aliphatic rings. The van der Waals surface area contributed by atoms with Crippen LogP contribution in [0.25, 0.3) is 33.8 Å². The van der Waals surface area contributed by atoms with Gasteiger partial charge in [0, 0.05) is 139 Å². The molecule has 6 aromatic rings. The van der Waals surface area contributed by atoms with Gasteiger partial charge in [0.2, 0.25) is 0 Å². The number of ether oxygens (including phenoxy) is 3. The SMILES string of the molecule is CC(C)n1nc(-c2cnc(N)c(C(F)(F)F)c2)cc1C1[C@H]2CC3(CCN3CCCO)C[C@@H]12.CC(C)n1nc(-c2cnc(N)c(OC(F)F)c2)cc1C1[C@H]2CC3(CCN3CC(F)F)C[C@@H]12.Nc1ncc(-c2cc(C3[C@H]4CC(N5CCOCC5)C[C@@H]34)n(CC(F)F)n2)cc1OC(F)F. The van der Waals surface area contributed by atoms with Crippen molar-refractivity contribution in [2.45, 2.75) is 171 Å². The van der Waals surface area contributed by atoms with E-state index < -0.39 is 50.2 Å². The lowest BCUT2D eigenvalue weighted by Crippen LogP contribution is -2.60. The van der Waals surface area contributed by atoms with Crippen molar-refractivity contribution in [1.82, 2.24) is 59.0 Å². The van der Waals surface area contributed by atoms with Gasteiger partial charge in [0.1, 0.15) is 12.4 Å². The molecule has 0 amide bonds. The number of anilines is 3. The molecule has 0 aromatic carbocycles. The number of aliphatic hydroxyl groups is 1. The van der Waals surface area contributed by atoms with Crippen LogP contribution in [0.1, 0.15) is 138 Å². The Morgan fingerprint density at radius 3 is 1.43 bits per heavy atom. The molecule has 30 heteroatoms. The fraction of sp³-hybridized carbons (Fsp3) is 0.636. The Balaban J connectivity index is 0.000000130. The van der Waals surface area contributed by atoms with E-state index in [4.69, 9.17) is 32.1 Å². The predicted octanol–water partition coefficient (Wildman–Crippen LogP) is 11.8. The van der Waals surface area contributed by atoms with Crippen molar-refractivity contribution < 1.29 is 67.6 Å². The number of nitrogens with zero attached hydrogens (tertiary/aromatic N) is 12. The van der Waals surface area contributed by atoms with Crippen molar-refractivity contribution >= 4 is 17.5 Å². The molecule has 6 saturated carbocycles. The van der Waals surface area contributed by atoms with Gasteiger partial charge < -0.3 is 36.5 Å². The topological polar surface area (TPSA) is 228 Å². The number of alkyl halides is 11. The molecule has 9 heterocycles. The summed E-state index contributed by atoms with van der Waals surface area (Å²) in [7, 11) is 0. The fourth-order valence-electron chi connectivity index (χ4n) is 17.4. The Morgan fingerprint density at radius 1 is 0.562 bits per heavy atom. The summed E-state index contributed by atoms with van der Waals surface area (Å²) < 4.78 is 162. The molecule has 9 fully saturated rings. The zero-order valence-corrected chi connectivity index (χ0v) is 53.8. The molecule has 96 heavy (non-hydrogen) atoms. The standard InChI is InChI=1S/C23H30F3N5O.C22H27F4N5O.C21H25F4N5O2/c1-13(2)31-19(9-18(29-31)14-8-17(23(24,25)26)21(27)28-12-14)20-15-10-22(11-16(15)20)4-6-30(22)5-3-7-32;1-11(2)31-16(6-15(29-31)12-5-17(32-21(25)26)20(27)28-9-12)19-13-7-22(8-14(13)19)3-4-30(22)10-18(23)24;22-18(23)10-30-16(19-13-6-12(7-14(13)19)29-1-3-31-4-2-29)8-15(28-30)11-5-17(32-21(24)25)20(26)27-9-11/h8-9,12-13,15-16,20,32H,3-7,10-11H2,1-2H3,(H2,27,28);5-6,9,11,13-14,18-19,21H,3-4,7-8,10H2,1-2H3,(H2,27,28);5,8-9,12-14,18-19,21H,1-4,6-7,10H2,(H2,26,27)/t15-,16+,20?,22?;13-,14+,19?,22?;12?,13-,14+,19?. The maximum atomic E-state index is 13.3. The number of nitrogen functional groups attached to an aromatic ring is 3. The molecule has 7 N–H and O–H groups in total. The second-order valence-corrected chi connectivity index (χ2v) is 28.1. The fourth-order valence-corrected chi connectivity index (χ4v) is 17.4. The molecule has 3 aliphatic heterocycles. The number of fused-ring (bicyclic) bond motifs is 3. The van der Waals surface area contributed by atoms with Gasteiger partial charge >= 0.3 is 19.4 Å². The predicted molar refractivity (Wildman–Crippen MR) is 333 cm³/mol. The van der Waals surface area contributed by atoms with Gasteiger partial charge in [-0.25, -0.2) is 32.5 Å². The van der Waals surface area contributed by atoms with E-state index in [0.717, 1.165) is 120 Å². The molecule has 3 saturated heterocycles. The van der Waals surface area contributed by atoms with Crippen LogP contribution in [0, 0.1) is 35.5 Å². The van der Waals surface area contributed by atoms with Crippen molar-refractivity contribution in [3.63, 3.8) is 0 Å². The number of hydrogen-bond acceptors (Lipinski definition) is 16. The highest BCUT2D eigenvalue weighted by Gasteiger charge is 2.67. The van der Waals surface area contributed by atoms with E-state index >= 15 is 0 Å². The highest BCUT2D eigenvalue weighted by molar-refractivity contribution is 5.66. The molecule has 0 bridgehead atoms. The minimum absolute atomic E-state index is 0.0455. The van der Waals surface area contributed by atoms with Crippen molar-refractivity contribution in [2.24, 2.45) is 35.5 Å². The largest absolute Gasteiger partial charge is 0.431 e. The number of halogens is 11. The van der Waals surface area contributed by atoms with Gasteiger partial charge in [-0.3, -0.25) is 28.7 Å². The summed E-state index contributed by atoms with van der Waals surface area (Å²) in [4.78, 5) is 18.6. The normalized spacial score (nSPS) is 28.9. The smallest absolute Gasteiger partial charge is 0.419 e. The minimum Gasteiger partial charge on any atom is -0.431 e. The van der Waals surface area contributed by atoms with Gasteiger partial charge in [-0.1, -0.05) is 0 Å². The molecule has 0 radical (unpaired) electrons. The van der Waals surface area contributed by atoms with Crippen LogP contribution in [-0.4, -0.2) is 166 Å². The van der Waals surface area contributed by atoms with E-state index in [0.29, 0.717) is 92.7 Å². The van der Waals surface area contributed by atoms with Crippen LogP contribution < -0.4 is 26.7 Å². The van der Waals surface area contributed by atoms with Gasteiger partial charge in [0.15, 0.2) is 23.1 Å². The number of aliphatic hydroxyl groups excluding tert-OH is 1. The van der Waals surface area contributed by atoms with Crippen LogP contribution >= 0.6 is 0 Å². The first kappa shape index (κ1) is 67.7. The van der Waals surface area contributed by atoms with Crippen LogP contribution in [0.3, 0.4) is 0 Å². The quantitative estimate of drug-likeness (QED) is 0.0521. The Bertz CT molecular complexity index is 3710. The maximum absolute atomic E-state index is 13.3. The summed E-state index contributed by atoms with van der Waals surface area (Å²) >= 11 is 0. The minimum atomic E-state index is -4.55. The van der Waals surface area contributed by atoms with E-state index in [9.17, 15) is 48.3 Å². The lowest BCUT2D eigenvalue weighted by atomic mass is 9.78. The highest BCUT2D eigenvalue weighted by Crippen LogP contribution is 2.71. The summed E-state index contributed by atoms with van der Waals surface area (Å²) in [5, 5.41) is 22.9. The van der Waals surface area contributed by atoms with Gasteiger partial charge in [-0.05, 0) is 157 Å². The zero-order chi connectivity index (χ0) is 68.0. The second kappa shape index (κ2) is 26.4. The number of nitrogens with two attached hydrogens (primary N) is 3. The van der Waals surface area contributed by atoms with Gasteiger partial charge in [-0.2, -0.15) is 46.0 Å². The summed E-state index contributed by atoms with van der Waals surface area (Å²) in [6.07, 6.45) is 4.21. The number of aromatic nitrogens is 9. The average Bonchev–Trinajstić information content (AvgIpc) is 1.53. The number of hydrogen-bond donors (Lipinski definition) is 4. The van der Waals surface area contributed by atoms with Crippen LogP contribution in [0.2, 0.25) is 0 Å². The molecule has 15 rings (SSSR count). The van der Waals surface area contributed by atoms with Gasteiger partial charge in [-0.15, -0.1) is 0 Å². The van der Waals surface area contributed by atoms with E-state index in [1.165, 1.54) is 41.8 Å². The lowest BCUT2D eigenvalue weighted by molar-refractivity contribution is -0.137. The maximum Gasteiger partial charge on any atom is 0.419 e. The molecule has 522 valence electrons. The molecule has 6 aliphatic carbocycles. The number of likely N-dealkylation sites (tertiary alicyclic amines) is 2. The lowest BCUT2D eigenvalue weighted by Gasteiger charge is -2.52. The molecule has 12 atom stereocenters. The van der Waals surface area contributed by atoms with Crippen molar-refractivity contribution in [3.8, 4) is 45.3 Å². The van der Waals surface area contributed by atoms with Gasteiger partial charge in [0.25, 0.3) is 12.9 Å². The molecular formula is C66H82F11N15O4. The monoisotopic (exact) mass is 1360 g/mol. The number of morpholine rings is 1. The van der Waals surface area contributed by atoms with E-state index in [2.05, 4.69) is 44.4 Å². The van der Waals surface area contributed by atoms with Crippen molar-refractivity contribution in [2.75, 3.05) is 76.3 Å². The van der Waals surface area contributed by atoms with Crippen molar-refractivity contribution in [1.29, 1.82) is 0 Å². The Kier molecular flexibility index (Phi) is 18.6. The van der Waals surface area contributed by atoms with Crippen LogP contribution in [0.15, 0.2) is 55.0 Å². The third-order valence-corrected chi connectivity index (χ3v) is 22.0. The number of rotatable bonds is 20. The molecular weight excluding hydrogens is 1280 g/mol. The Hall–Kier alpha value is -6.89. The van der Waals surface area contributed by atoms with Gasteiger partial charge in [0.05, 0.1) is 42.4 Å². The number of pyridine rings is 3. The van der Waals surface area contributed by atoms with Crippen molar-refractivity contribution in [3.05, 3.63) is 77.6 Å². The Morgan fingerprint density at radius 2 is 1.00 bits per heavy atom. The summed E-state index contributed by atoms with van der Waals surface area (Å²) in [5.74, 6) is 2.76. The first-order chi connectivity index (χ1) is 45.7.